The van der Waals surface area contributed by atoms with E-state index < -0.39 is 0 Å². The fourth-order valence-electron chi connectivity index (χ4n) is 2.09. The molecule has 1 aliphatic rings. The Bertz CT molecular complexity index is 342. The second-order valence-electron chi connectivity index (χ2n) is 4.41. The number of halogens is 1. The summed E-state index contributed by atoms with van der Waals surface area (Å²) >= 11 is 0. The van der Waals surface area contributed by atoms with Crippen LogP contribution < -0.4 is 5.32 Å². The van der Waals surface area contributed by atoms with Crippen LogP contribution >= 0.6 is 0 Å². The monoisotopic (exact) mass is 223 g/mol. The van der Waals surface area contributed by atoms with Crippen LogP contribution in [-0.2, 0) is 11.3 Å². The minimum absolute atomic E-state index is 0.167. The molecule has 1 fully saturated rings. The van der Waals surface area contributed by atoms with E-state index in [2.05, 4.69) is 12.2 Å². The molecule has 1 aromatic rings. The van der Waals surface area contributed by atoms with Crippen molar-refractivity contribution in [3.8, 4) is 0 Å². The van der Waals surface area contributed by atoms with Crippen LogP contribution in [0, 0.1) is 5.82 Å². The third kappa shape index (κ3) is 3.29. The second-order valence-corrected chi connectivity index (χ2v) is 4.41. The maximum atomic E-state index is 12.9. The summed E-state index contributed by atoms with van der Waals surface area (Å²) in [6.45, 7) is 3.65. The summed E-state index contributed by atoms with van der Waals surface area (Å²) in [5.74, 6) is -0.167. The minimum Gasteiger partial charge on any atom is -0.378 e. The van der Waals surface area contributed by atoms with E-state index in [1.165, 1.54) is 6.07 Å². The Kier molecular flexibility index (Phi) is 3.91. The van der Waals surface area contributed by atoms with Gasteiger partial charge in [0.15, 0.2) is 0 Å². The van der Waals surface area contributed by atoms with Crippen molar-refractivity contribution >= 4 is 0 Å². The summed E-state index contributed by atoms with van der Waals surface area (Å²) in [5, 5.41) is 3.45. The molecule has 0 amide bonds. The van der Waals surface area contributed by atoms with Gasteiger partial charge in [0, 0.05) is 19.2 Å². The minimum atomic E-state index is -0.167. The van der Waals surface area contributed by atoms with E-state index in [9.17, 15) is 4.39 Å². The first-order valence-corrected chi connectivity index (χ1v) is 5.83. The molecule has 0 spiro atoms. The molecule has 88 valence electrons. The smallest absolute Gasteiger partial charge is 0.123 e. The van der Waals surface area contributed by atoms with E-state index in [0.29, 0.717) is 12.1 Å². The molecule has 0 radical (unpaired) electrons. The van der Waals surface area contributed by atoms with Gasteiger partial charge >= 0.3 is 0 Å². The Labute approximate surface area is 95.8 Å². The van der Waals surface area contributed by atoms with Gasteiger partial charge in [-0.25, -0.2) is 4.39 Å². The molecule has 3 heteroatoms. The van der Waals surface area contributed by atoms with Crippen molar-refractivity contribution in [2.45, 2.75) is 38.5 Å². The molecule has 2 unspecified atom stereocenters. The summed E-state index contributed by atoms with van der Waals surface area (Å²) in [5.41, 5.74) is 0.999. The highest BCUT2D eigenvalue weighted by Gasteiger charge is 2.18. The Morgan fingerprint density at radius 3 is 3.12 bits per heavy atom. The molecule has 2 nitrogen and oxygen atoms in total. The Hall–Kier alpha value is -0.930. The Morgan fingerprint density at radius 2 is 2.38 bits per heavy atom. The lowest BCUT2D eigenvalue weighted by molar-refractivity contribution is 0.0130. The molecule has 2 rings (SSSR count). The highest BCUT2D eigenvalue weighted by Crippen LogP contribution is 2.14. The number of ether oxygens (including phenoxy) is 1. The van der Waals surface area contributed by atoms with E-state index >= 15 is 0 Å². The van der Waals surface area contributed by atoms with E-state index in [0.717, 1.165) is 31.6 Å². The van der Waals surface area contributed by atoms with Crippen molar-refractivity contribution in [1.82, 2.24) is 5.32 Å². The molecule has 0 aromatic heterocycles. The fourth-order valence-corrected chi connectivity index (χ4v) is 2.09. The lowest BCUT2D eigenvalue weighted by atomic mass is 10.0. The molecule has 1 aliphatic heterocycles. The normalized spacial score (nSPS) is 25.6. The van der Waals surface area contributed by atoms with Crippen molar-refractivity contribution in [2.75, 3.05) is 6.61 Å². The molecule has 1 N–H and O–H groups in total. The first-order valence-electron chi connectivity index (χ1n) is 5.83. The van der Waals surface area contributed by atoms with Crippen LogP contribution in [0.4, 0.5) is 4.39 Å². The molecule has 0 aliphatic carbocycles. The maximum absolute atomic E-state index is 12.9. The van der Waals surface area contributed by atoms with E-state index in [1.54, 1.807) is 12.1 Å². The van der Waals surface area contributed by atoms with Crippen molar-refractivity contribution in [3.63, 3.8) is 0 Å². The summed E-state index contributed by atoms with van der Waals surface area (Å²) in [7, 11) is 0. The Balaban J connectivity index is 1.82. The zero-order valence-corrected chi connectivity index (χ0v) is 9.58. The SMILES string of the molecule is CC1CC(NCc2cccc(F)c2)CCO1. The number of hydrogen-bond donors (Lipinski definition) is 1. The van der Waals surface area contributed by atoms with Crippen molar-refractivity contribution in [2.24, 2.45) is 0 Å². The zero-order chi connectivity index (χ0) is 11.4. The molecule has 16 heavy (non-hydrogen) atoms. The predicted octanol–water partition coefficient (Wildman–Crippen LogP) is 2.48. The van der Waals surface area contributed by atoms with Crippen LogP contribution in [0.1, 0.15) is 25.3 Å². The van der Waals surface area contributed by atoms with Gasteiger partial charge in [-0.05, 0) is 37.5 Å². The largest absolute Gasteiger partial charge is 0.378 e. The van der Waals surface area contributed by atoms with Gasteiger partial charge in [-0.1, -0.05) is 12.1 Å². The molecular formula is C13H18FNO. The summed E-state index contributed by atoms with van der Waals surface area (Å²) in [6.07, 6.45) is 2.41. The fraction of sp³-hybridized carbons (Fsp3) is 0.538. The summed E-state index contributed by atoms with van der Waals surface area (Å²) in [4.78, 5) is 0. The number of hydrogen-bond acceptors (Lipinski definition) is 2. The highest BCUT2D eigenvalue weighted by atomic mass is 19.1. The molecule has 1 saturated heterocycles. The molecule has 1 aromatic carbocycles. The standard InChI is InChI=1S/C13H18FNO/c1-10-7-13(5-6-16-10)15-9-11-3-2-4-12(14)8-11/h2-4,8,10,13,15H,5-7,9H2,1H3. The quantitative estimate of drug-likeness (QED) is 0.850. The highest BCUT2D eigenvalue weighted by molar-refractivity contribution is 5.16. The average Bonchev–Trinajstić information content (AvgIpc) is 2.27. The van der Waals surface area contributed by atoms with Crippen molar-refractivity contribution < 1.29 is 9.13 Å². The van der Waals surface area contributed by atoms with Crippen LogP contribution in [0.2, 0.25) is 0 Å². The topological polar surface area (TPSA) is 21.3 Å². The second kappa shape index (κ2) is 5.41. The van der Waals surface area contributed by atoms with E-state index in [1.807, 2.05) is 6.07 Å². The maximum Gasteiger partial charge on any atom is 0.123 e. The van der Waals surface area contributed by atoms with Gasteiger partial charge in [0.1, 0.15) is 5.82 Å². The summed E-state index contributed by atoms with van der Waals surface area (Å²) < 4.78 is 18.4. The van der Waals surface area contributed by atoms with Crippen LogP contribution in [0.25, 0.3) is 0 Å². The summed E-state index contributed by atoms with van der Waals surface area (Å²) in [6, 6.07) is 7.24. The lowest BCUT2D eigenvalue weighted by Crippen LogP contribution is -2.37. The van der Waals surface area contributed by atoms with Crippen LogP contribution in [0.5, 0.6) is 0 Å². The van der Waals surface area contributed by atoms with E-state index in [4.69, 9.17) is 4.74 Å². The third-order valence-corrected chi connectivity index (χ3v) is 2.97. The van der Waals surface area contributed by atoms with Crippen molar-refractivity contribution in [3.05, 3.63) is 35.6 Å². The Morgan fingerprint density at radius 1 is 1.50 bits per heavy atom. The number of benzene rings is 1. The van der Waals surface area contributed by atoms with Gasteiger partial charge in [-0.15, -0.1) is 0 Å². The van der Waals surface area contributed by atoms with Gasteiger partial charge in [0.2, 0.25) is 0 Å². The first-order chi connectivity index (χ1) is 7.74. The molecular weight excluding hydrogens is 205 g/mol. The van der Waals surface area contributed by atoms with Gasteiger partial charge in [0.25, 0.3) is 0 Å². The first kappa shape index (κ1) is 11.6. The van der Waals surface area contributed by atoms with Crippen LogP contribution in [-0.4, -0.2) is 18.8 Å². The zero-order valence-electron chi connectivity index (χ0n) is 9.58. The number of nitrogens with one attached hydrogen (secondary N) is 1. The van der Waals surface area contributed by atoms with Crippen LogP contribution in [0.3, 0.4) is 0 Å². The molecule has 1 heterocycles. The van der Waals surface area contributed by atoms with Gasteiger partial charge in [-0.3, -0.25) is 0 Å². The van der Waals surface area contributed by atoms with Crippen molar-refractivity contribution in [1.29, 1.82) is 0 Å². The molecule has 2 atom stereocenters. The number of rotatable bonds is 3. The van der Waals surface area contributed by atoms with Gasteiger partial charge in [0.05, 0.1) is 6.10 Å². The molecule has 0 bridgehead atoms. The average molecular weight is 223 g/mol. The van der Waals surface area contributed by atoms with Crippen LogP contribution in [0.15, 0.2) is 24.3 Å². The lowest BCUT2D eigenvalue weighted by Gasteiger charge is -2.28. The third-order valence-electron chi connectivity index (χ3n) is 2.97. The predicted molar refractivity (Wildman–Crippen MR) is 61.7 cm³/mol. The van der Waals surface area contributed by atoms with Gasteiger partial charge < -0.3 is 10.1 Å². The van der Waals surface area contributed by atoms with Gasteiger partial charge in [-0.2, -0.15) is 0 Å². The van der Waals surface area contributed by atoms with E-state index in [-0.39, 0.29) is 5.82 Å². The molecule has 0 saturated carbocycles.